The van der Waals surface area contributed by atoms with E-state index >= 15 is 0 Å². The predicted molar refractivity (Wildman–Crippen MR) is 111 cm³/mol. The molecule has 0 aliphatic carbocycles. The minimum absolute atomic E-state index is 0.0976. The number of hydrogen-bond acceptors (Lipinski definition) is 3. The van der Waals surface area contributed by atoms with Gasteiger partial charge in [-0.25, -0.2) is 4.98 Å². The van der Waals surface area contributed by atoms with Gasteiger partial charge in [-0.05, 0) is 67.6 Å². The average Bonchev–Trinajstić information content (AvgIpc) is 2.69. The molecule has 2 heterocycles. The molecule has 3 aromatic rings. The van der Waals surface area contributed by atoms with Crippen LogP contribution in [0.15, 0.2) is 54.6 Å². The van der Waals surface area contributed by atoms with Crippen molar-refractivity contribution >= 4 is 28.3 Å². The number of aryl methyl sites for hydroxylation is 1. The summed E-state index contributed by atoms with van der Waals surface area (Å²) in [4.78, 5) is 19.7. The number of fused-ring (bicyclic) bond motifs is 1. The maximum Gasteiger partial charge on any atom is 0.255 e. The fraction of sp³-hybridized carbons (Fsp3) is 0.304. The molecule has 1 fully saturated rings. The van der Waals surface area contributed by atoms with Crippen molar-refractivity contribution in [2.24, 2.45) is 5.92 Å². The average molecular weight is 359 g/mol. The lowest BCUT2D eigenvalue weighted by molar-refractivity contribution is 0.102. The molecule has 0 radical (unpaired) electrons. The van der Waals surface area contributed by atoms with Gasteiger partial charge >= 0.3 is 0 Å². The van der Waals surface area contributed by atoms with E-state index in [-0.39, 0.29) is 5.91 Å². The van der Waals surface area contributed by atoms with Crippen molar-refractivity contribution in [3.05, 3.63) is 65.7 Å². The first-order valence-corrected chi connectivity index (χ1v) is 9.63. The van der Waals surface area contributed by atoms with Gasteiger partial charge in [-0.2, -0.15) is 0 Å². The van der Waals surface area contributed by atoms with Crippen LogP contribution in [0.5, 0.6) is 0 Å². The fourth-order valence-electron chi connectivity index (χ4n) is 3.65. The molecule has 4 rings (SSSR count). The summed E-state index contributed by atoms with van der Waals surface area (Å²) >= 11 is 0. The van der Waals surface area contributed by atoms with Crippen molar-refractivity contribution in [3.8, 4) is 0 Å². The lowest BCUT2D eigenvalue weighted by Crippen LogP contribution is -2.33. The fourth-order valence-corrected chi connectivity index (χ4v) is 3.65. The molecule has 0 atom stereocenters. The summed E-state index contributed by atoms with van der Waals surface area (Å²) in [6.45, 7) is 6.58. The Morgan fingerprint density at radius 2 is 1.81 bits per heavy atom. The van der Waals surface area contributed by atoms with Crippen LogP contribution in [0.25, 0.3) is 10.9 Å². The minimum atomic E-state index is -0.0976. The SMILES string of the molecule is Cc1cc(N2CCC(C)CC2)nc2ccc(NC(=O)c3ccccc3)cc12. The first-order valence-electron chi connectivity index (χ1n) is 9.63. The van der Waals surface area contributed by atoms with E-state index in [1.54, 1.807) is 0 Å². The Morgan fingerprint density at radius 3 is 2.56 bits per heavy atom. The number of carbonyl (C=O) groups is 1. The smallest absolute Gasteiger partial charge is 0.255 e. The molecule has 4 nitrogen and oxygen atoms in total. The minimum Gasteiger partial charge on any atom is -0.357 e. The zero-order valence-electron chi connectivity index (χ0n) is 15.9. The van der Waals surface area contributed by atoms with E-state index in [4.69, 9.17) is 4.98 Å². The predicted octanol–water partition coefficient (Wildman–Crippen LogP) is 5.03. The summed E-state index contributed by atoms with van der Waals surface area (Å²) in [7, 11) is 0. The highest BCUT2D eigenvalue weighted by molar-refractivity contribution is 6.05. The number of nitrogens with zero attached hydrogens (tertiary/aromatic N) is 2. The van der Waals surface area contributed by atoms with E-state index < -0.39 is 0 Å². The van der Waals surface area contributed by atoms with Gasteiger partial charge in [-0.1, -0.05) is 25.1 Å². The van der Waals surface area contributed by atoms with Crippen molar-refractivity contribution in [1.29, 1.82) is 0 Å². The molecule has 0 saturated carbocycles. The molecule has 0 bridgehead atoms. The van der Waals surface area contributed by atoms with Crippen LogP contribution in [0, 0.1) is 12.8 Å². The molecule has 1 aromatic heterocycles. The number of benzene rings is 2. The van der Waals surface area contributed by atoms with Crippen molar-refractivity contribution in [3.63, 3.8) is 0 Å². The second kappa shape index (κ2) is 7.39. The van der Waals surface area contributed by atoms with Gasteiger partial charge in [0.2, 0.25) is 0 Å². The Hall–Kier alpha value is -2.88. The van der Waals surface area contributed by atoms with Crippen molar-refractivity contribution in [1.82, 2.24) is 4.98 Å². The molecule has 1 saturated heterocycles. The zero-order chi connectivity index (χ0) is 18.8. The van der Waals surface area contributed by atoms with Gasteiger partial charge in [-0.15, -0.1) is 0 Å². The van der Waals surface area contributed by atoms with Crippen molar-refractivity contribution < 1.29 is 4.79 Å². The van der Waals surface area contributed by atoms with Gasteiger partial charge in [0.1, 0.15) is 5.82 Å². The van der Waals surface area contributed by atoms with Crippen molar-refractivity contribution in [2.75, 3.05) is 23.3 Å². The van der Waals surface area contributed by atoms with Crippen LogP contribution in [0.1, 0.15) is 35.7 Å². The van der Waals surface area contributed by atoms with Crippen LogP contribution < -0.4 is 10.2 Å². The number of carbonyl (C=O) groups excluding carboxylic acids is 1. The molecule has 2 aromatic carbocycles. The Labute approximate surface area is 160 Å². The molecule has 0 unspecified atom stereocenters. The summed E-state index contributed by atoms with van der Waals surface area (Å²) in [6, 6.07) is 17.4. The van der Waals surface area contributed by atoms with Crippen LogP contribution in [0.4, 0.5) is 11.5 Å². The Bertz CT molecular complexity index is 960. The third kappa shape index (κ3) is 3.80. The highest BCUT2D eigenvalue weighted by Gasteiger charge is 2.18. The molecule has 1 aliphatic rings. The van der Waals surface area contributed by atoms with Crippen LogP contribution in [0.3, 0.4) is 0 Å². The zero-order valence-corrected chi connectivity index (χ0v) is 15.9. The monoisotopic (exact) mass is 359 g/mol. The summed E-state index contributed by atoms with van der Waals surface area (Å²) in [5.74, 6) is 1.77. The van der Waals surface area contributed by atoms with E-state index in [1.165, 1.54) is 18.4 Å². The number of piperidine rings is 1. The maximum atomic E-state index is 12.4. The summed E-state index contributed by atoms with van der Waals surface area (Å²) < 4.78 is 0. The summed E-state index contributed by atoms with van der Waals surface area (Å²) in [6.07, 6.45) is 2.45. The van der Waals surface area contributed by atoms with Gasteiger partial charge in [0.25, 0.3) is 5.91 Å². The van der Waals surface area contributed by atoms with Crippen LogP contribution >= 0.6 is 0 Å². The first-order chi connectivity index (χ1) is 13.1. The molecular formula is C23H25N3O. The third-order valence-electron chi connectivity index (χ3n) is 5.40. The third-order valence-corrected chi connectivity index (χ3v) is 5.40. The van der Waals surface area contributed by atoms with Crippen molar-refractivity contribution in [2.45, 2.75) is 26.7 Å². The highest BCUT2D eigenvalue weighted by Crippen LogP contribution is 2.28. The summed E-state index contributed by atoms with van der Waals surface area (Å²) in [5.41, 5.74) is 3.61. The van der Waals surface area contributed by atoms with Gasteiger partial charge in [0, 0.05) is 29.7 Å². The van der Waals surface area contributed by atoms with E-state index in [0.717, 1.165) is 41.4 Å². The molecule has 27 heavy (non-hydrogen) atoms. The molecule has 1 amide bonds. The summed E-state index contributed by atoms with van der Waals surface area (Å²) in [5, 5.41) is 4.06. The topological polar surface area (TPSA) is 45.2 Å². The largest absolute Gasteiger partial charge is 0.357 e. The second-order valence-corrected chi connectivity index (χ2v) is 7.52. The number of aromatic nitrogens is 1. The molecular weight excluding hydrogens is 334 g/mol. The first kappa shape index (κ1) is 17.5. The number of hydrogen-bond donors (Lipinski definition) is 1. The van der Waals surface area contributed by atoms with Crippen LogP contribution in [-0.4, -0.2) is 24.0 Å². The number of rotatable bonds is 3. The molecule has 138 valence electrons. The lowest BCUT2D eigenvalue weighted by atomic mass is 9.99. The number of amides is 1. The molecule has 1 N–H and O–H groups in total. The molecule has 4 heteroatoms. The number of pyridine rings is 1. The Kier molecular flexibility index (Phi) is 4.80. The normalized spacial score (nSPS) is 15.1. The number of nitrogens with one attached hydrogen (secondary N) is 1. The second-order valence-electron chi connectivity index (χ2n) is 7.52. The van der Waals surface area contributed by atoms with Gasteiger partial charge in [0.05, 0.1) is 5.52 Å². The van der Waals surface area contributed by atoms with Gasteiger partial charge in [0.15, 0.2) is 0 Å². The molecule has 0 spiro atoms. The van der Waals surface area contributed by atoms with Crippen LogP contribution in [-0.2, 0) is 0 Å². The maximum absolute atomic E-state index is 12.4. The Morgan fingerprint density at radius 1 is 1.07 bits per heavy atom. The number of anilines is 2. The molecule has 1 aliphatic heterocycles. The van der Waals surface area contributed by atoms with E-state index in [0.29, 0.717) is 5.56 Å². The van der Waals surface area contributed by atoms with Crippen LogP contribution in [0.2, 0.25) is 0 Å². The van der Waals surface area contributed by atoms with Gasteiger partial charge < -0.3 is 10.2 Å². The van der Waals surface area contributed by atoms with E-state index in [9.17, 15) is 4.79 Å². The lowest BCUT2D eigenvalue weighted by Gasteiger charge is -2.31. The standard InChI is InChI=1S/C23H25N3O/c1-16-10-12-26(13-11-16)22-14-17(2)20-15-19(8-9-21(20)25-22)24-23(27)18-6-4-3-5-7-18/h3-9,14-16H,10-13H2,1-2H3,(H,24,27). The van der Waals surface area contributed by atoms with E-state index in [1.807, 2.05) is 48.5 Å². The van der Waals surface area contributed by atoms with E-state index in [2.05, 4.69) is 30.1 Å². The highest BCUT2D eigenvalue weighted by atomic mass is 16.1. The van der Waals surface area contributed by atoms with Gasteiger partial charge in [-0.3, -0.25) is 4.79 Å². The quantitative estimate of drug-likeness (QED) is 0.713. The Balaban J connectivity index is 1.58.